The second-order valence-electron chi connectivity index (χ2n) is 8.04. The third-order valence-electron chi connectivity index (χ3n) is 5.95. The Morgan fingerprint density at radius 3 is 1.69 bits per heavy atom. The van der Waals surface area contributed by atoms with E-state index in [1.54, 1.807) is 0 Å². The van der Waals surface area contributed by atoms with E-state index in [4.69, 9.17) is 0 Å². The lowest BCUT2D eigenvalue weighted by Crippen LogP contribution is -2.46. The zero-order chi connectivity index (χ0) is 20.4. The molecule has 6 nitrogen and oxygen atoms in total. The molecule has 154 valence electrons. The van der Waals surface area contributed by atoms with Gasteiger partial charge in [0.15, 0.2) is 0 Å². The molecule has 0 aliphatic carbocycles. The van der Waals surface area contributed by atoms with Crippen LogP contribution in [0.2, 0.25) is 0 Å². The SMILES string of the molecule is CC(C)N1CCN(c2ccc(N3CCN(c4ccc(CO)cc4)CC3)cc2)C1=O. The second kappa shape index (κ2) is 8.33. The number of benzene rings is 2. The number of aliphatic hydroxyl groups excluding tert-OH is 1. The van der Waals surface area contributed by atoms with Gasteiger partial charge in [0, 0.05) is 62.4 Å². The summed E-state index contributed by atoms with van der Waals surface area (Å²) in [5, 5.41) is 9.20. The van der Waals surface area contributed by atoms with Crippen molar-refractivity contribution in [3.63, 3.8) is 0 Å². The van der Waals surface area contributed by atoms with E-state index in [2.05, 4.69) is 60.0 Å². The minimum Gasteiger partial charge on any atom is -0.392 e. The van der Waals surface area contributed by atoms with Gasteiger partial charge in [-0.25, -0.2) is 4.79 Å². The van der Waals surface area contributed by atoms with E-state index >= 15 is 0 Å². The summed E-state index contributed by atoms with van der Waals surface area (Å²) in [5.41, 5.74) is 4.33. The number of hydrogen-bond acceptors (Lipinski definition) is 4. The first-order valence-electron chi connectivity index (χ1n) is 10.4. The molecule has 2 aromatic rings. The molecule has 0 bridgehead atoms. The zero-order valence-electron chi connectivity index (χ0n) is 17.3. The molecule has 6 heteroatoms. The van der Waals surface area contributed by atoms with Crippen molar-refractivity contribution in [2.75, 3.05) is 54.0 Å². The van der Waals surface area contributed by atoms with Gasteiger partial charge in [-0.15, -0.1) is 0 Å². The fourth-order valence-corrected chi connectivity index (χ4v) is 4.15. The maximum atomic E-state index is 12.6. The van der Waals surface area contributed by atoms with Crippen molar-refractivity contribution < 1.29 is 9.90 Å². The highest BCUT2D eigenvalue weighted by Crippen LogP contribution is 2.26. The summed E-state index contributed by atoms with van der Waals surface area (Å²) in [6, 6.07) is 16.9. The Bertz CT molecular complexity index is 827. The van der Waals surface area contributed by atoms with Crippen LogP contribution in [0.5, 0.6) is 0 Å². The van der Waals surface area contributed by atoms with Gasteiger partial charge in [-0.2, -0.15) is 0 Å². The Kier molecular flexibility index (Phi) is 5.62. The highest BCUT2D eigenvalue weighted by Gasteiger charge is 2.31. The Balaban J connectivity index is 1.36. The third kappa shape index (κ3) is 4.03. The van der Waals surface area contributed by atoms with E-state index in [9.17, 15) is 9.90 Å². The van der Waals surface area contributed by atoms with E-state index in [0.29, 0.717) is 0 Å². The molecule has 2 aliphatic rings. The van der Waals surface area contributed by atoms with Crippen LogP contribution in [0.3, 0.4) is 0 Å². The fraction of sp³-hybridized carbons (Fsp3) is 0.435. The van der Waals surface area contributed by atoms with Gasteiger partial charge in [0.25, 0.3) is 0 Å². The monoisotopic (exact) mass is 394 g/mol. The summed E-state index contributed by atoms with van der Waals surface area (Å²) in [6.45, 7) is 9.61. The summed E-state index contributed by atoms with van der Waals surface area (Å²) in [5.74, 6) is 0. The van der Waals surface area contributed by atoms with Crippen LogP contribution < -0.4 is 14.7 Å². The first-order valence-corrected chi connectivity index (χ1v) is 10.4. The quantitative estimate of drug-likeness (QED) is 0.846. The van der Waals surface area contributed by atoms with Gasteiger partial charge < -0.3 is 19.8 Å². The number of amides is 2. The average molecular weight is 395 g/mol. The molecule has 0 spiro atoms. The van der Waals surface area contributed by atoms with Crippen LogP contribution in [-0.2, 0) is 6.61 Å². The largest absolute Gasteiger partial charge is 0.392 e. The van der Waals surface area contributed by atoms with Crippen LogP contribution in [-0.4, -0.2) is 61.3 Å². The van der Waals surface area contributed by atoms with Crippen molar-refractivity contribution in [1.82, 2.24) is 4.90 Å². The number of aliphatic hydroxyl groups is 1. The summed E-state index contributed by atoms with van der Waals surface area (Å²) in [6.07, 6.45) is 0. The molecule has 0 radical (unpaired) electrons. The van der Waals surface area contributed by atoms with Crippen molar-refractivity contribution in [3.8, 4) is 0 Å². The Morgan fingerprint density at radius 1 is 0.759 bits per heavy atom. The minimum atomic E-state index is 0.0859. The summed E-state index contributed by atoms with van der Waals surface area (Å²) in [4.78, 5) is 21.1. The molecular formula is C23H30N4O2. The number of nitrogens with zero attached hydrogens (tertiary/aromatic N) is 4. The van der Waals surface area contributed by atoms with E-state index in [-0.39, 0.29) is 18.7 Å². The summed E-state index contributed by atoms with van der Waals surface area (Å²) >= 11 is 0. The zero-order valence-corrected chi connectivity index (χ0v) is 17.3. The number of carbonyl (C=O) groups excluding carboxylic acids is 1. The molecule has 2 saturated heterocycles. The third-order valence-corrected chi connectivity index (χ3v) is 5.95. The van der Waals surface area contributed by atoms with E-state index < -0.39 is 0 Å². The maximum Gasteiger partial charge on any atom is 0.324 e. The molecule has 0 aromatic heterocycles. The predicted molar refractivity (Wildman–Crippen MR) is 118 cm³/mol. The van der Waals surface area contributed by atoms with Gasteiger partial charge >= 0.3 is 6.03 Å². The van der Waals surface area contributed by atoms with E-state index in [1.807, 2.05) is 21.9 Å². The van der Waals surface area contributed by atoms with Gasteiger partial charge in [-0.3, -0.25) is 4.90 Å². The first-order chi connectivity index (χ1) is 14.1. The molecule has 2 aliphatic heterocycles. The Labute approximate surface area is 172 Å². The standard InChI is InChI=1S/C23H30N4O2/c1-18(2)26-15-16-27(23(26)29)22-9-7-21(8-10-22)25-13-11-24(12-14-25)20-5-3-19(17-28)4-6-20/h3-10,18,28H,11-17H2,1-2H3. The van der Waals surface area contributed by atoms with Crippen molar-refractivity contribution in [3.05, 3.63) is 54.1 Å². The number of anilines is 3. The normalized spacial score (nSPS) is 17.6. The molecule has 0 saturated carbocycles. The van der Waals surface area contributed by atoms with Crippen LogP contribution in [0.15, 0.2) is 48.5 Å². The molecule has 29 heavy (non-hydrogen) atoms. The first kappa shape index (κ1) is 19.6. The molecule has 0 unspecified atom stereocenters. The van der Waals surface area contributed by atoms with Crippen LogP contribution in [0.25, 0.3) is 0 Å². The highest BCUT2D eigenvalue weighted by atomic mass is 16.3. The molecule has 1 N–H and O–H groups in total. The van der Waals surface area contributed by atoms with E-state index in [1.165, 1.54) is 11.4 Å². The number of rotatable bonds is 5. The number of urea groups is 1. The number of carbonyl (C=O) groups is 1. The van der Waals surface area contributed by atoms with Gasteiger partial charge in [-0.05, 0) is 55.8 Å². The van der Waals surface area contributed by atoms with Crippen LogP contribution in [0.1, 0.15) is 19.4 Å². The van der Waals surface area contributed by atoms with E-state index in [0.717, 1.165) is 50.5 Å². The van der Waals surface area contributed by atoms with Crippen molar-refractivity contribution in [2.45, 2.75) is 26.5 Å². The minimum absolute atomic E-state index is 0.0859. The van der Waals surface area contributed by atoms with Gasteiger partial charge in [-0.1, -0.05) is 12.1 Å². The van der Waals surface area contributed by atoms with Crippen molar-refractivity contribution >= 4 is 23.1 Å². The lowest BCUT2D eigenvalue weighted by Gasteiger charge is -2.37. The second-order valence-corrected chi connectivity index (χ2v) is 8.04. The number of piperazine rings is 1. The summed E-state index contributed by atoms with van der Waals surface area (Å²) in [7, 11) is 0. The average Bonchev–Trinajstić information content (AvgIpc) is 3.16. The number of hydrogen-bond donors (Lipinski definition) is 1. The molecule has 2 amide bonds. The molecule has 0 atom stereocenters. The fourth-order valence-electron chi connectivity index (χ4n) is 4.15. The highest BCUT2D eigenvalue weighted by molar-refractivity contribution is 5.94. The lowest BCUT2D eigenvalue weighted by atomic mass is 10.1. The Hall–Kier alpha value is -2.73. The van der Waals surface area contributed by atoms with Crippen molar-refractivity contribution in [1.29, 1.82) is 0 Å². The maximum absolute atomic E-state index is 12.6. The summed E-state index contributed by atoms with van der Waals surface area (Å²) < 4.78 is 0. The van der Waals surface area contributed by atoms with Gasteiger partial charge in [0.1, 0.15) is 0 Å². The predicted octanol–water partition coefficient (Wildman–Crippen LogP) is 3.16. The lowest BCUT2D eigenvalue weighted by molar-refractivity contribution is 0.209. The van der Waals surface area contributed by atoms with Crippen LogP contribution in [0.4, 0.5) is 21.9 Å². The van der Waals surface area contributed by atoms with Crippen molar-refractivity contribution in [2.24, 2.45) is 0 Å². The molecule has 2 heterocycles. The topological polar surface area (TPSA) is 50.3 Å². The van der Waals surface area contributed by atoms with Crippen LogP contribution >= 0.6 is 0 Å². The van der Waals surface area contributed by atoms with Crippen LogP contribution in [0, 0.1) is 0 Å². The molecule has 2 aromatic carbocycles. The molecular weight excluding hydrogens is 364 g/mol. The smallest absolute Gasteiger partial charge is 0.324 e. The Morgan fingerprint density at radius 2 is 1.24 bits per heavy atom. The molecule has 2 fully saturated rings. The molecule has 4 rings (SSSR count). The van der Waals surface area contributed by atoms with Gasteiger partial charge in [0.05, 0.1) is 6.61 Å². The van der Waals surface area contributed by atoms with Gasteiger partial charge in [0.2, 0.25) is 0 Å².